The first-order chi connectivity index (χ1) is 24.8. The summed E-state index contributed by atoms with van der Waals surface area (Å²) in [6.45, 7) is 7.86. The molecule has 0 saturated carbocycles. The van der Waals surface area contributed by atoms with E-state index < -0.39 is 0 Å². The van der Waals surface area contributed by atoms with Crippen LogP contribution < -0.4 is 19.9 Å². The third-order valence-electron chi connectivity index (χ3n) is 10.0. The number of imide groups is 1. The molecule has 1 atom stereocenters. The van der Waals surface area contributed by atoms with Gasteiger partial charge in [-0.25, -0.2) is 14.8 Å². The summed E-state index contributed by atoms with van der Waals surface area (Å²) in [5, 5.41) is 7.20. The number of amides is 3. The van der Waals surface area contributed by atoms with Crippen LogP contribution in [0.2, 0.25) is 5.02 Å². The molecule has 0 spiro atoms. The van der Waals surface area contributed by atoms with Gasteiger partial charge in [-0.3, -0.25) is 24.6 Å². The third-order valence-corrected chi connectivity index (χ3v) is 10.3. The van der Waals surface area contributed by atoms with Gasteiger partial charge in [0.15, 0.2) is 11.4 Å². The number of anilines is 2. The minimum Gasteiger partial charge on any atom is -0.453 e. The summed E-state index contributed by atoms with van der Waals surface area (Å²) in [6.07, 6.45) is 6.03. The molecule has 0 bridgehead atoms. The number of H-pyrrole nitrogens is 1. The first kappa shape index (κ1) is 33.2. The lowest BCUT2D eigenvalue weighted by Gasteiger charge is -2.39. The Bertz CT molecular complexity index is 2050. The van der Waals surface area contributed by atoms with Crippen molar-refractivity contribution in [1.29, 1.82) is 0 Å². The van der Waals surface area contributed by atoms with Crippen molar-refractivity contribution in [2.75, 3.05) is 55.7 Å². The number of carbonyl (C=O) groups is 2. The van der Waals surface area contributed by atoms with Gasteiger partial charge in [-0.05, 0) is 67.6 Å². The zero-order chi connectivity index (χ0) is 35.1. The lowest BCUT2D eigenvalue weighted by Crippen LogP contribution is -2.49. The number of halogens is 1. The molecule has 0 radical (unpaired) electrons. The molecule has 5 aromatic rings. The Kier molecular flexibility index (Phi) is 9.09. The van der Waals surface area contributed by atoms with E-state index in [1.165, 1.54) is 0 Å². The van der Waals surface area contributed by atoms with Crippen molar-refractivity contribution < 1.29 is 19.1 Å². The van der Waals surface area contributed by atoms with Crippen molar-refractivity contribution in [3.8, 4) is 22.9 Å². The molecule has 0 aliphatic carbocycles. The second-order valence-electron chi connectivity index (χ2n) is 13.5. The molecule has 3 aliphatic heterocycles. The fraction of sp³-hybridized carbons (Fsp3) is 0.378. The molecular formula is C37H40ClN9O4. The molecule has 2 N–H and O–H groups in total. The number of morpholine rings is 1. The minimum absolute atomic E-state index is 0.0133. The molecule has 6 heterocycles. The van der Waals surface area contributed by atoms with E-state index in [1.54, 1.807) is 15.8 Å². The number of benzene rings is 2. The molecule has 3 saturated heterocycles. The lowest BCUT2D eigenvalue weighted by atomic mass is 9.95. The number of hydrogen-bond acceptors (Lipinski definition) is 9. The van der Waals surface area contributed by atoms with Crippen LogP contribution in [0.4, 0.5) is 16.2 Å². The maximum Gasteiger partial charge on any atom is 0.328 e. The highest BCUT2D eigenvalue weighted by atomic mass is 35.5. The second-order valence-corrected chi connectivity index (χ2v) is 13.9. The summed E-state index contributed by atoms with van der Waals surface area (Å²) in [7, 11) is 1.88. The van der Waals surface area contributed by atoms with Crippen molar-refractivity contribution in [3.05, 3.63) is 77.2 Å². The molecule has 0 unspecified atom stereocenters. The van der Waals surface area contributed by atoms with E-state index in [2.05, 4.69) is 59.4 Å². The average molecular weight is 710 g/mol. The fourth-order valence-electron chi connectivity index (χ4n) is 7.30. The van der Waals surface area contributed by atoms with Crippen LogP contribution in [0.3, 0.4) is 0 Å². The molecular weight excluding hydrogens is 670 g/mol. The SMILES string of the molecule is Cc1nn(C)cc1-c1nc2ncc(Cl)c(Oc3ccc([C@H]4CN(CC5CCN(c6ccc(N7CCC(=O)NC7=O)cc6)CC5)CCO4)cc3)c2[nH]1. The van der Waals surface area contributed by atoms with Crippen LogP contribution in [-0.4, -0.2) is 87.4 Å². The first-order valence-electron chi connectivity index (χ1n) is 17.4. The van der Waals surface area contributed by atoms with Gasteiger partial charge in [-0.1, -0.05) is 23.7 Å². The topological polar surface area (TPSA) is 134 Å². The largest absolute Gasteiger partial charge is 0.453 e. The smallest absolute Gasteiger partial charge is 0.328 e. The standard InChI is InChI=1S/C37H40ClN9O4/c1-23-29(21-44(2)43-23)35-41-33-34(30(38)19-39-36(33)42-35)51-28-9-3-25(4-10-28)31-22-45(17-18-50-31)20-24-11-14-46(15-12-24)26-5-7-27(8-6-26)47-16-13-32(48)40-37(47)49/h3-10,19,21,24,31H,11-18,20,22H2,1-2H3,(H,39,41,42)(H,40,48,49)/t31-/m1/s1. The summed E-state index contributed by atoms with van der Waals surface area (Å²) < 4.78 is 14.3. The van der Waals surface area contributed by atoms with Crippen molar-refractivity contribution in [2.24, 2.45) is 13.0 Å². The number of aromatic nitrogens is 5. The van der Waals surface area contributed by atoms with Gasteiger partial charge in [0.2, 0.25) is 5.91 Å². The van der Waals surface area contributed by atoms with Gasteiger partial charge < -0.3 is 19.4 Å². The Balaban J connectivity index is 0.855. The molecule has 14 heteroatoms. The highest BCUT2D eigenvalue weighted by Gasteiger charge is 2.28. The quantitative estimate of drug-likeness (QED) is 0.204. The van der Waals surface area contributed by atoms with Gasteiger partial charge in [-0.2, -0.15) is 5.10 Å². The number of aromatic amines is 1. The number of imidazole rings is 1. The summed E-state index contributed by atoms with van der Waals surface area (Å²) in [5.41, 5.74) is 5.98. The number of carbonyl (C=O) groups excluding carboxylic acids is 2. The van der Waals surface area contributed by atoms with E-state index in [0.29, 0.717) is 59.0 Å². The first-order valence-corrected chi connectivity index (χ1v) is 17.8. The lowest BCUT2D eigenvalue weighted by molar-refractivity contribution is -0.120. The number of rotatable bonds is 8. The number of ether oxygens (including phenoxy) is 2. The summed E-state index contributed by atoms with van der Waals surface area (Å²) in [6, 6.07) is 15.8. The maximum atomic E-state index is 12.2. The molecule has 2 aromatic carbocycles. The molecule has 51 heavy (non-hydrogen) atoms. The summed E-state index contributed by atoms with van der Waals surface area (Å²) in [5.74, 6) is 2.19. The number of hydrogen-bond donors (Lipinski definition) is 2. The fourth-order valence-corrected chi connectivity index (χ4v) is 7.48. The predicted molar refractivity (Wildman–Crippen MR) is 194 cm³/mol. The molecule has 3 aromatic heterocycles. The van der Waals surface area contributed by atoms with E-state index in [9.17, 15) is 9.59 Å². The minimum atomic E-state index is -0.356. The number of fused-ring (bicyclic) bond motifs is 1. The Morgan fingerprint density at radius 2 is 1.76 bits per heavy atom. The van der Waals surface area contributed by atoms with E-state index in [1.807, 2.05) is 44.4 Å². The molecule has 264 valence electrons. The van der Waals surface area contributed by atoms with Gasteiger partial charge in [0.1, 0.15) is 22.1 Å². The Hall–Kier alpha value is -4.98. The Morgan fingerprint density at radius 1 is 1.00 bits per heavy atom. The highest BCUT2D eigenvalue weighted by molar-refractivity contribution is 6.32. The highest BCUT2D eigenvalue weighted by Crippen LogP contribution is 2.37. The van der Waals surface area contributed by atoms with Crippen molar-refractivity contribution >= 4 is 46.1 Å². The van der Waals surface area contributed by atoms with E-state index in [4.69, 9.17) is 21.1 Å². The number of nitrogens with zero attached hydrogens (tertiary/aromatic N) is 7. The van der Waals surface area contributed by atoms with Crippen molar-refractivity contribution in [1.82, 2.24) is 34.9 Å². The van der Waals surface area contributed by atoms with Crippen LogP contribution in [0.5, 0.6) is 11.5 Å². The van der Waals surface area contributed by atoms with Gasteiger partial charge in [-0.15, -0.1) is 0 Å². The zero-order valence-corrected chi connectivity index (χ0v) is 29.4. The number of piperidine rings is 1. The van der Waals surface area contributed by atoms with E-state index >= 15 is 0 Å². The van der Waals surface area contributed by atoms with Gasteiger partial charge in [0.25, 0.3) is 0 Å². The number of nitrogens with one attached hydrogen (secondary N) is 2. The second kappa shape index (κ2) is 14.0. The van der Waals surface area contributed by atoms with Gasteiger partial charge in [0, 0.05) is 70.3 Å². The van der Waals surface area contributed by atoms with Crippen LogP contribution >= 0.6 is 11.6 Å². The predicted octanol–water partition coefficient (Wildman–Crippen LogP) is 5.85. The molecule has 3 amide bonds. The van der Waals surface area contributed by atoms with E-state index in [-0.39, 0.29) is 18.0 Å². The van der Waals surface area contributed by atoms with Crippen LogP contribution in [0.15, 0.2) is 60.9 Å². The third kappa shape index (κ3) is 7.01. The molecule has 3 aliphatic rings. The van der Waals surface area contributed by atoms with Crippen LogP contribution in [0.25, 0.3) is 22.6 Å². The molecule has 13 nitrogen and oxygen atoms in total. The average Bonchev–Trinajstić information content (AvgIpc) is 3.72. The van der Waals surface area contributed by atoms with Crippen molar-refractivity contribution in [2.45, 2.75) is 32.3 Å². The Morgan fingerprint density at radius 3 is 2.49 bits per heavy atom. The molecule has 3 fully saturated rings. The van der Waals surface area contributed by atoms with Crippen LogP contribution in [0.1, 0.15) is 36.6 Å². The van der Waals surface area contributed by atoms with Crippen molar-refractivity contribution in [3.63, 3.8) is 0 Å². The van der Waals surface area contributed by atoms with Gasteiger partial charge >= 0.3 is 6.03 Å². The van der Waals surface area contributed by atoms with Crippen LogP contribution in [-0.2, 0) is 16.6 Å². The summed E-state index contributed by atoms with van der Waals surface area (Å²) >= 11 is 6.57. The molecule has 8 rings (SSSR count). The van der Waals surface area contributed by atoms with Crippen LogP contribution in [0, 0.1) is 12.8 Å². The van der Waals surface area contributed by atoms with E-state index in [0.717, 1.165) is 73.8 Å². The number of urea groups is 1. The zero-order valence-electron chi connectivity index (χ0n) is 28.6. The Labute approximate surface area is 300 Å². The normalized spacial score (nSPS) is 19.2. The summed E-state index contributed by atoms with van der Waals surface area (Å²) in [4.78, 5) is 42.7. The monoisotopic (exact) mass is 709 g/mol. The maximum absolute atomic E-state index is 12.2. The number of aryl methyl sites for hydroxylation is 2. The number of pyridine rings is 1. The van der Waals surface area contributed by atoms with Gasteiger partial charge in [0.05, 0.1) is 30.2 Å².